The lowest BCUT2D eigenvalue weighted by molar-refractivity contribution is -0.299. The first-order valence-electron chi connectivity index (χ1n) is 10.7. The summed E-state index contributed by atoms with van der Waals surface area (Å²) in [5.74, 6) is 0. The number of rotatable bonds is 8. The Kier molecular flexibility index (Phi) is 8.27. The molecule has 31 heavy (non-hydrogen) atoms. The third-order valence-electron chi connectivity index (χ3n) is 6.15. The molecule has 0 saturated carbocycles. The largest absolute Gasteiger partial charge is 0.375 e. The second-order valence-electron chi connectivity index (χ2n) is 8.43. The molecule has 0 radical (unpaired) electrons. The predicted molar refractivity (Wildman–Crippen MR) is 112 cm³/mol. The van der Waals surface area contributed by atoms with Gasteiger partial charge in [0.2, 0.25) is 0 Å². The standard InChI is InChI=1S/C22H32FN3O5/c1-14-17(28-13-16-8-6-5-7-9-16)10-18(19(29-14)12-25-26-24)31-20-11-22(3,27-4)21(23)15(2)30-20/h5-9,14-15,17-21H,10-13H2,1-4H3/t14-,15-,17+,18-,19+,20?,21+,22+/m0/s1. The lowest BCUT2D eigenvalue weighted by Gasteiger charge is -2.46. The van der Waals surface area contributed by atoms with Gasteiger partial charge in [-0.15, -0.1) is 0 Å². The minimum atomic E-state index is -1.26. The molecule has 0 spiro atoms. The molecule has 0 bridgehead atoms. The number of methoxy groups -OCH3 is 1. The highest BCUT2D eigenvalue weighted by atomic mass is 19.1. The van der Waals surface area contributed by atoms with Gasteiger partial charge in [0.15, 0.2) is 12.5 Å². The molecule has 1 aromatic rings. The first-order valence-corrected chi connectivity index (χ1v) is 10.7. The monoisotopic (exact) mass is 437 g/mol. The van der Waals surface area contributed by atoms with E-state index < -0.39 is 36.4 Å². The number of azide groups is 1. The second-order valence-corrected chi connectivity index (χ2v) is 8.43. The van der Waals surface area contributed by atoms with Crippen molar-refractivity contribution in [1.29, 1.82) is 0 Å². The fourth-order valence-electron chi connectivity index (χ4n) is 4.19. The van der Waals surface area contributed by atoms with Gasteiger partial charge in [0.1, 0.15) is 5.60 Å². The molecular weight excluding hydrogens is 405 g/mol. The van der Waals surface area contributed by atoms with Crippen LogP contribution in [0.25, 0.3) is 10.4 Å². The molecule has 2 aliphatic rings. The third-order valence-corrected chi connectivity index (χ3v) is 6.15. The zero-order valence-corrected chi connectivity index (χ0v) is 18.5. The minimum absolute atomic E-state index is 0.131. The minimum Gasteiger partial charge on any atom is -0.375 e. The van der Waals surface area contributed by atoms with Gasteiger partial charge >= 0.3 is 0 Å². The van der Waals surface area contributed by atoms with Crippen molar-refractivity contribution in [1.82, 2.24) is 0 Å². The molecule has 0 aromatic heterocycles. The van der Waals surface area contributed by atoms with Gasteiger partial charge in [-0.1, -0.05) is 35.4 Å². The van der Waals surface area contributed by atoms with Crippen LogP contribution >= 0.6 is 0 Å². The summed E-state index contributed by atoms with van der Waals surface area (Å²) in [5.41, 5.74) is 8.81. The Bertz CT molecular complexity index is 750. The summed E-state index contributed by atoms with van der Waals surface area (Å²) in [5, 5.41) is 3.67. The first kappa shape index (κ1) is 23.9. The van der Waals surface area contributed by atoms with E-state index in [0.29, 0.717) is 13.0 Å². The van der Waals surface area contributed by atoms with Crippen LogP contribution in [-0.2, 0) is 30.3 Å². The zero-order valence-electron chi connectivity index (χ0n) is 18.5. The van der Waals surface area contributed by atoms with E-state index in [2.05, 4.69) is 10.0 Å². The van der Waals surface area contributed by atoms with E-state index in [0.717, 1.165) is 5.56 Å². The van der Waals surface area contributed by atoms with E-state index in [1.165, 1.54) is 7.11 Å². The Morgan fingerprint density at radius 1 is 1.19 bits per heavy atom. The predicted octanol–water partition coefficient (Wildman–Crippen LogP) is 4.32. The van der Waals surface area contributed by atoms with Crippen LogP contribution in [0.5, 0.6) is 0 Å². The first-order chi connectivity index (χ1) is 14.9. The van der Waals surface area contributed by atoms with Gasteiger partial charge in [0.25, 0.3) is 0 Å². The lowest BCUT2D eigenvalue weighted by Crippen LogP contribution is -2.56. The van der Waals surface area contributed by atoms with Crippen LogP contribution < -0.4 is 0 Å². The smallest absolute Gasteiger partial charge is 0.161 e. The molecule has 2 fully saturated rings. The van der Waals surface area contributed by atoms with Gasteiger partial charge < -0.3 is 23.7 Å². The summed E-state index contributed by atoms with van der Waals surface area (Å²) in [6, 6.07) is 9.90. The Morgan fingerprint density at radius 3 is 2.61 bits per heavy atom. The van der Waals surface area contributed by atoms with Crippen molar-refractivity contribution < 1.29 is 28.1 Å². The molecule has 8 nitrogen and oxygen atoms in total. The van der Waals surface area contributed by atoms with E-state index in [4.69, 9.17) is 29.2 Å². The average Bonchev–Trinajstić information content (AvgIpc) is 2.77. The van der Waals surface area contributed by atoms with E-state index in [1.807, 2.05) is 37.3 Å². The van der Waals surface area contributed by atoms with Gasteiger partial charge in [0, 0.05) is 24.9 Å². The van der Waals surface area contributed by atoms with Crippen LogP contribution in [0.3, 0.4) is 0 Å². The molecule has 2 saturated heterocycles. The van der Waals surface area contributed by atoms with Crippen molar-refractivity contribution in [3.05, 3.63) is 46.3 Å². The number of benzene rings is 1. The SMILES string of the molecule is CO[C@]1(C)CC(O[C@H]2C[C@@H](OCc3ccccc3)[C@H](C)O[C@@H]2CN=[N+]=[N-])O[C@@H](C)[C@H]1F. The molecule has 0 amide bonds. The van der Waals surface area contributed by atoms with Crippen LogP contribution in [-0.4, -0.2) is 62.2 Å². The average molecular weight is 438 g/mol. The summed E-state index contributed by atoms with van der Waals surface area (Å²) >= 11 is 0. The summed E-state index contributed by atoms with van der Waals surface area (Å²) in [6.07, 6.45) is -3.12. The van der Waals surface area contributed by atoms with Gasteiger partial charge in [-0.05, 0) is 31.9 Å². The van der Waals surface area contributed by atoms with Crippen LogP contribution in [0.15, 0.2) is 35.4 Å². The van der Waals surface area contributed by atoms with E-state index in [9.17, 15) is 4.39 Å². The number of nitrogens with zero attached hydrogens (tertiary/aromatic N) is 3. The number of hydrogen-bond acceptors (Lipinski definition) is 6. The molecule has 2 heterocycles. The molecule has 3 rings (SSSR count). The molecule has 0 N–H and O–H groups in total. The van der Waals surface area contributed by atoms with Crippen molar-refractivity contribution in [3.8, 4) is 0 Å². The zero-order chi connectivity index (χ0) is 22.4. The van der Waals surface area contributed by atoms with Gasteiger partial charge in [-0.2, -0.15) is 0 Å². The lowest BCUT2D eigenvalue weighted by atomic mass is 9.89. The normalized spacial score (nSPS) is 38.4. The van der Waals surface area contributed by atoms with Crippen molar-refractivity contribution >= 4 is 0 Å². The maximum Gasteiger partial charge on any atom is 0.161 e. The Morgan fingerprint density at radius 2 is 1.94 bits per heavy atom. The summed E-state index contributed by atoms with van der Waals surface area (Å²) in [4.78, 5) is 2.85. The van der Waals surface area contributed by atoms with Gasteiger partial charge in [-0.25, -0.2) is 4.39 Å². The maximum atomic E-state index is 14.6. The number of alkyl halides is 1. The number of halogens is 1. The number of hydrogen-bond donors (Lipinski definition) is 0. The molecule has 0 aliphatic carbocycles. The van der Waals surface area contributed by atoms with Gasteiger partial charge in [0.05, 0.1) is 43.7 Å². The molecular formula is C22H32FN3O5. The van der Waals surface area contributed by atoms with Crippen molar-refractivity contribution in [3.63, 3.8) is 0 Å². The summed E-state index contributed by atoms with van der Waals surface area (Å²) in [6.45, 7) is 5.90. The highest BCUT2D eigenvalue weighted by Gasteiger charge is 2.48. The molecule has 2 aliphatic heterocycles. The van der Waals surface area contributed by atoms with E-state index in [1.54, 1.807) is 13.8 Å². The van der Waals surface area contributed by atoms with Crippen LogP contribution in [0.2, 0.25) is 0 Å². The Balaban J connectivity index is 1.68. The highest BCUT2D eigenvalue weighted by molar-refractivity contribution is 5.13. The molecule has 1 aromatic carbocycles. The third kappa shape index (κ3) is 5.94. The van der Waals surface area contributed by atoms with Crippen LogP contribution in [0.1, 0.15) is 39.2 Å². The Hall–Kier alpha value is -1.74. The highest BCUT2D eigenvalue weighted by Crippen LogP contribution is 2.36. The fourth-order valence-corrected chi connectivity index (χ4v) is 4.19. The van der Waals surface area contributed by atoms with Crippen molar-refractivity contribution in [2.45, 2.75) is 88.8 Å². The Labute approximate surface area is 182 Å². The van der Waals surface area contributed by atoms with Crippen molar-refractivity contribution in [2.75, 3.05) is 13.7 Å². The molecule has 9 heteroatoms. The number of ether oxygens (including phenoxy) is 5. The molecule has 172 valence electrons. The molecule has 1 unspecified atom stereocenters. The van der Waals surface area contributed by atoms with Crippen LogP contribution in [0, 0.1) is 0 Å². The van der Waals surface area contributed by atoms with E-state index in [-0.39, 0.29) is 25.2 Å². The van der Waals surface area contributed by atoms with Crippen molar-refractivity contribution in [2.24, 2.45) is 5.11 Å². The summed E-state index contributed by atoms with van der Waals surface area (Å²) < 4.78 is 44.2. The fraction of sp³-hybridized carbons (Fsp3) is 0.727. The topological polar surface area (TPSA) is 94.9 Å². The van der Waals surface area contributed by atoms with Gasteiger partial charge in [-0.3, -0.25) is 0 Å². The van der Waals surface area contributed by atoms with Crippen LogP contribution in [0.4, 0.5) is 4.39 Å². The van der Waals surface area contributed by atoms with E-state index >= 15 is 0 Å². The second kappa shape index (κ2) is 10.7. The quantitative estimate of drug-likeness (QED) is 0.343. The maximum absolute atomic E-state index is 14.6. The molecule has 8 atom stereocenters. The summed E-state index contributed by atoms with van der Waals surface area (Å²) in [7, 11) is 1.49.